The molecule has 4 heterocycles. The van der Waals surface area contributed by atoms with Gasteiger partial charge in [0.15, 0.2) is 17.5 Å². The average Bonchev–Trinajstić information content (AvgIpc) is 3.46. The molecule has 0 spiro atoms. The van der Waals surface area contributed by atoms with E-state index in [0.717, 1.165) is 38.2 Å². The molecule has 0 aliphatic carbocycles. The molecule has 3 N–H and O–H groups in total. The van der Waals surface area contributed by atoms with Crippen LogP contribution in [0.15, 0.2) is 72.0 Å². The molecule has 0 radical (unpaired) electrons. The van der Waals surface area contributed by atoms with Crippen LogP contribution < -0.4 is 16.6 Å². The van der Waals surface area contributed by atoms with Gasteiger partial charge in [0.1, 0.15) is 22.8 Å². The van der Waals surface area contributed by atoms with Gasteiger partial charge in [-0.1, -0.05) is 18.2 Å². The number of benzene rings is 2. The van der Waals surface area contributed by atoms with Gasteiger partial charge in [-0.25, -0.2) is 18.7 Å². The highest BCUT2D eigenvalue weighted by atomic mass is 32.1. The minimum absolute atomic E-state index is 0.129. The summed E-state index contributed by atoms with van der Waals surface area (Å²) in [5.74, 6) is -1.37. The summed E-state index contributed by atoms with van der Waals surface area (Å²) in [6, 6.07) is 14.7. The molecular formula is C29H20F2N8OS. The number of thiophene rings is 1. The van der Waals surface area contributed by atoms with Crippen LogP contribution in [0.3, 0.4) is 0 Å². The first-order valence-electron chi connectivity index (χ1n) is 12.4. The number of halogens is 2. The molecule has 202 valence electrons. The molecule has 0 aliphatic heterocycles. The molecule has 41 heavy (non-hydrogen) atoms. The quantitative estimate of drug-likeness (QED) is 0.273. The SMILES string of the molecule is C[C@@H](c1ccc(F)c(F)c1)n1cnc2c(C#N)cnc(NCc3ccc(-c4ccc5cnnc(N)c5c4)s3)c2c1=O. The third-order valence-electron chi connectivity index (χ3n) is 6.84. The largest absolute Gasteiger partial charge is 0.382 e. The van der Waals surface area contributed by atoms with Crippen molar-refractivity contribution in [3.05, 3.63) is 105 Å². The van der Waals surface area contributed by atoms with Gasteiger partial charge in [-0.2, -0.15) is 10.4 Å². The number of nitrogens with two attached hydrogens (primary N) is 1. The molecule has 0 saturated carbocycles. The molecule has 0 fully saturated rings. The van der Waals surface area contributed by atoms with Crippen LogP contribution in [0.2, 0.25) is 0 Å². The Balaban J connectivity index is 1.32. The maximum Gasteiger partial charge on any atom is 0.265 e. The first kappa shape index (κ1) is 26.0. The van der Waals surface area contributed by atoms with E-state index in [2.05, 4.69) is 25.5 Å². The minimum Gasteiger partial charge on any atom is -0.382 e. The van der Waals surface area contributed by atoms with Gasteiger partial charge >= 0.3 is 0 Å². The Morgan fingerprint density at radius 2 is 1.95 bits per heavy atom. The normalized spacial score (nSPS) is 12.0. The number of nitrogens with zero attached hydrogens (tertiary/aromatic N) is 6. The Morgan fingerprint density at radius 3 is 2.76 bits per heavy atom. The summed E-state index contributed by atoms with van der Waals surface area (Å²) in [6.45, 7) is 2.03. The number of hydrogen-bond donors (Lipinski definition) is 2. The fraction of sp³-hybridized carbons (Fsp3) is 0.103. The topological polar surface area (TPSA) is 135 Å². The second-order valence-corrected chi connectivity index (χ2v) is 10.5. The van der Waals surface area contributed by atoms with Crippen LogP contribution in [0.25, 0.3) is 32.1 Å². The second-order valence-electron chi connectivity index (χ2n) is 9.31. The Morgan fingerprint density at radius 1 is 1.10 bits per heavy atom. The van der Waals surface area contributed by atoms with Crippen molar-refractivity contribution in [2.75, 3.05) is 11.1 Å². The third kappa shape index (κ3) is 4.72. The molecule has 0 saturated heterocycles. The zero-order valence-corrected chi connectivity index (χ0v) is 22.3. The molecule has 0 bridgehead atoms. The molecule has 2 aromatic carbocycles. The van der Waals surface area contributed by atoms with Gasteiger partial charge in [0.05, 0.1) is 30.7 Å². The van der Waals surface area contributed by atoms with E-state index in [1.165, 1.54) is 23.2 Å². The summed E-state index contributed by atoms with van der Waals surface area (Å²) < 4.78 is 28.7. The smallest absolute Gasteiger partial charge is 0.265 e. The van der Waals surface area contributed by atoms with Crippen LogP contribution in [0.1, 0.15) is 29.0 Å². The Kier molecular flexibility index (Phi) is 6.56. The highest BCUT2D eigenvalue weighted by Gasteiger charge is 2.19. The first-order valence-corrected chi connectivity index (χ1v) is 13.2. The molecule has 0 unspecified atom stereocenters. The Hall–Kier alpha value is -5.28. The Labute approximate surface area is 235 Å². The van der Waals surface area contributed by atoms with E-state index in [1.807, 2.05) is 36.4 Å². The summed E-state index contributed by atoms with van der Waals surface area (Å²) in [5, 5.41) is 22.5. The summed E-state index contributed by atoms with van der Waals surface area (Å²) in [4.78, 5) is 24.4. The van der Waals surface area contributed by atoms with Gasteiger partial charge in [-0.3, -0.25) is 9.36 Å². The van der Waals surface area contributed by atoms with Crippen molar-refractivity contribution in [1.29, 1.82) is 5.26 Å². The number of nitrogens with one attached hydrogen (secondary N) is 1. The van der Waals surface area contributed by atoms with E-state index in [9.17, 15) is 18.8 Å². The van der Waals surface area contributed by atoms with Crippen molar-refractivity contribution < 1.29 is 8.78 Å². The molecule has 6 aromatic rings. The Bertz CT molecular complexity index is 2070. The number of anilines is 2. The number of fused-ring (bicyclic) bond motifs is 2. The lowest BCUT2D eigenvalue weighted by Crippen LogP contribution is -2.26. The summed E-state index contributed by atoms with van der Waals surface area (Å²) in [6.07, 6.45) is 4.33. The maximum absolute atomic E-state index is 13.9. The van der Waals surface area contributed by atoms with E-state index < -0.39 is 23.2 Å². The van der Waals surface area contributed by atoms with Gasteiger partial charge in [-0.05, 0) is 48.4 Å². The van der Waals surface area contributed by atoms with Crippen LogP contribution in [-0.2, 0) is 6.54 Å². The molecular weight excluding hydrogens is 546 g/mol. The standard InChI is InChI=1S/C29H20F2N8OS/c1-15(16-4-6-22(30)23(31)9-16)39-14-36-26-19(10-32)11-34-28(25(26)29(39)40)35-13-20-5-7-24(41-20)17-2-3-18-12-37-38-27(33)21(18)8-17/h2-9,11-12,14-15H,13H2,1H3,(H2,33,38)(H,34,35)/t15-/m0/s1. The maximum atomic E-state index is 13.9. The van der Waals surface area contributed by atoms with Crippen molar-refractivity contribution in [3.63, 3.8) is 0 Å². The van der Waals surface area contributed by atoms with Gasteiger partial charge in [0.25, 0.3) is 5.56 Å². The molecule has 12 heteroatoms. The summed E-state index contributed by atoms with van der Waals surface area (Å²) >= 11 is 1.56. The van der Waals surface area contributed by atoms with E-state index >= 15 is 0 Å². The molecule has 4 aromatic heterocycles. The van der Waals surface area contributed by atoms with E-state index in [-0.39, 0.29) is 22.3 Å². The van der Waals surface area contributed by atoms with Crippen molar-refractivity contribution in [1.82, 2.24) is 24.7 Å². The van der Waals surface area contributed by atoms with E-state index in [4.69, 9.17) is 5.73 Å². The highest BCUT2D eigenvalue weighted by Crippen LogP contribution is 2.32. The lowest BCUT2D eigenvalue weighted by molar-refractivity contribution is 0.502. The molecule has 6 rings (SSSR count). The zero-order chi connectivity index (χ0) is 28.7. The molecule has 9 nitrogen and oxygen atoms in total. The summed E-state index contributed by atoms with van der Waals surface area (Å²) in [5.41, 5.74) is 7.25. The third-order valence-corrected chi connectivity index (χ3v) is 7.98. The van der Waals surface area contributed by atoms with Gasteiger partial charge in [0, 0.05) is 26.7 Å². The van der Waals surface area contributed by atoms with E-state index in [1.54, 1.807) is 24.5 Å². The van der Waals surface area contributed by atoms with Crippen molar-refractivity contribution in [2.45, 2.75) is 19.5 Å². The van der Waals surface area contributed by atoms with Gasteiger partial charge < -0.3 is 11.1 Å². The molecule has 1 atom stereocenters. The van der Waals surface area contributed by atoms with E-state index in [0.29, 0.717) is 17.9 Å². The van der Waals surface area contributed by atoms with Crippen molar-refractivity contribution in [2.24, 2.45) is 0 Å². The first-order chi connectivity index (χ1) is 19.8. The lowest BCUT2D eigenvalue weighted by atomic mass is 10.1. The lowest BCUT2D eigenvalue weighted by Gasteiger charge is -2.17. The van der Waals surface area contributed by atoms with Gasteiger partial charge in [-0.15, -0.1) is 16.4 Å². The number of nitriles is 1. The highest BCUT2D eigenvalue weighted by molar-refractivity contribution is 7.15. The fourth-order valence-corrected chi connectivity index (χ4v) is 5.56. The van der Waals surface area contributed by atoms with Crippen LogP contribution >= 0.6 is 11.3 Å². The molecule has 0 aliphatic rings. The monoisotopic (exact) mass is 566 g/mol. The molecule has 0 amide bonds. The zero-order valence-electron chi connectivity index (χ0n) is 21.5. The number of rotatable bonds is 6. The number of hydrogen-bond acceptors (Lipinski definition) is 9. The fourth-order valence-electron chi connectivity index (χ4n) is 4.61. The van der Waals surface area contributed by atoms with Crippen LogP contribution in [-0.4, -0.2) is 24.7 Å². The van der Waals surface area contributed by atoms with Crippen LogP contribution in [0.5, 0.6) is 0 Å². The number of nitrogen functional groups attached to an aromatic ring is 1. The van der Waals surface area contributed by atoms with Gasteiger partial charge in [0.2, 0.25) is 0 Å². The van der Waals surface area contributed by atoms with Crippen LogP contribution in [0.4, 0.5) is 20.4 Å². The second kappa shape index (κ2) is 10.4. The minimum atomic E-state index is -1.01. The number of pyridine rings is 1. The summed E-state index contributed by atoms with van der Waals surface area (Å²) in [7, 11) is 0. The van der Waals surface area contributed by atoms with Crippen molar-refractivity contribution in [3.8, 4) is 16.5 Å². The van der Waals surface area contributed by atoms with Crippen molar-refractivity contribution >= 4 is 44.6 Å². The predicted molar refractivity (Wildman–Crippen MR) is 153 cm³/mol. The average molecular weight is 567 g/mol. The number of aromatic nitrogens is 5. The predicted octanol–water partition coefficient (Wildman–Crippen LogP) is 5.42. The van der Waals surface area contributed by atoms with Crippen LogP contribution in [0, 0.1) is 23.0 Å².